The minimum absolute atomic E-state index is 0.0684. The molecule has 2 aromatic carbocycles. The molecule has 34 heavy (non-hydrogen) atoms. The highest BCUT2D eigenvalue weighted by atomic mass is 35.5. The fourth-order valence-electron chi connectivity index (χ4n) is 3.85. The highest BCUT2D eigenvalue weighted by Crippen LogP contribution is 2.31. The van der Waals surface area contributed by atoms with Gasteiger partial charge in [-0.05, 0) is 36.8 Å². The molecule has 0 saturated heterocycles. The number of hydrogen-bond donors (Lipinski definition) is 1. The normalized spacial score (nSPS) is 11.8. The third kappa shape index (κ3) is 4.32. The van der Waals surface area contributed by atoms with Crippen molar-refractivity contribution in [2.24, 2.45) is 0 Å². The molecule has 0 aliphatic rings. The Morgan fingerprint density at radius 1 is 1.06 bits per heavy atom. The molecule has 0 radical (unpaired) electrons. The minimum atomic E-state index is -3.84. The van der Waals surface area contributed by atoms with Gasteiger partial charge in [0, 0.05) is 30.4 Å². The lowest BCUT2D eigenvalue weighted by Gasteiger charge is -2.19. The molecule has 176 valence electrons. The molecule has 0 aliphatic heterocycles. The second-order valence-corrected chi connectivity index (χ2v) is 10.1. The standard InChI is InChI=1S/C25H25ClN4O3S/c1-4-29(5-2)34(32,33)21-16-19(13-14-20(21)26)25(31)28-24-22(18-11-7-6-8-12-18)27-23-17(3)10-9-15-30(23)24/h6-16H,4-5H2,1-3H3,(H,28,31). The van der Waals surface area contributed by atoms with Crippen LogP contribution in [0.15, 0.2) is 71.8 Å². The number of anilines is 1. The lowest BCUT2D eigenvalue weighted by molar-refractivity contribution is 0.102. The molecule has 4 rings (SSSR count). The van der Waals surface area contributed by atoms with E-state index in [4.69, 9.17) is 16.6 Å². The fourth-order valence-corrected chi connectivity index (χ4v) is 5.80. The smallest absolute Gasteiger partial charge is 0.256 e. The van der Waals surface area contributed by atoms with Crippen LogP contribution in [-0.2, 0) is 10.0 Å². The van der Waals surface area contributed by atoms with Crippen molar-refractivity contribution in [1.82, 2.24) is 13.7 Å². The minimum Gasteiger partial charge on any atom is -0.306 e. The lowest BCUT2D eigenvalue weighted by atomic mass is 10.1. The molecule has 7 nitrogen and oxygen atoms in total. The number of nitrogens with zero attached hydrogens (tertiary/aromatic N) is 3. The number of rotatable bonds is 7. The maximum absolute atomic E-state index is 13.3. The number of pyridine rings is 1. The molecular weight excluding hydrogens is 472 g/mol. The van der Waals surface area contributed by atoms with Gasteiger partial charge in [-0.2, -0.15) is 4.31 Å². The molecule has 0 unspecified atom stereocenters. The average molecular weight is 497 g/mol. The first kappa shape index (κ1) is 23.9. The first-order valence-corrected chi connectivity index (χ1v) is 12.7. The first-order valence-electron chi connectivity index (χ1n) is 10.9. The van der Waals surface area contributed by atoms with Crippen molar-refractivity contribution >= 4 is 39.0 Å². The van der Waals surface area contributed by atoms with E-state index in [1.807, 2.05) is 60.0 Å². The van der Waals surface area contributed by atoms with Gasteiger partial charge in [0.25, 0.3) is 5.91 Å². The zero-order valence-electron chi connectivity index (χ0n) is 19.1. The molecular formula is C25H25ClN4O3S. The van der Waals surface area contributed by atoms with Crippen LogP contribution in [0.5, 0.6) is 0 Å². The number of halogens is 1. The van der Waals surface area contributed by atoms with Crippen molar-refractivity contribution in [1.29, 1.82) is 0 Å². The Morgan fingerprint density at radius 3 is 2.44 bits per heavy atom. The van der Waals surface area contributed by atoms with Gasteiger partial charge in [0.2, 0.25) is 10.0 Å². The highest BCUT2D eigenvalue weighted by molar-refractivity contribution is 7.89. The topological polar surface area (TPSA) is 83.8 Å². The largest absolute Gasteiger partial charge is 0.306 e. The summed E-state index contributed by atoms with van der Waals surface area (Å²) in [4.78, 5) is 18.0. The van der Waals surface area contributed by atoms with Crippen LogP contribution < -0.4 is 5.32 Å². The summed E-state index contributed by atoms with van der Waals surface area (Å²) in [6.45, 7) is 6.05. The van der Waals surface area contributed by atoms with Crippen molar-refractivity contribution in [2.45, 2.75) is 25.7 Å². The number of carbonyl (C=O) groups is 1. The summed E-state index contributed by atoms with van der Waals surface area (Å²) in [6, 6.07) is 17.7. The quantitative estimate of drug-likeness (QED) is 0.379. The molecule has 0 spiro atoms. The Bertz CT molecular complexity index is 1460. The third-order valence-electron chi connectivity index (χ3n) is 5.64. The Labute approximate surface area is 204 Å². The van der Waals surface area contributed by atoms with Gasteiger partial charge in [-0.25, -0.2) is 13.4 Å². The van der Waals surface area contributed by atoms with Crippen LogP contribution in [0.1, 0.15) is 29.8 Å². The zero-order chi connectivity index (χ0) is 24.5. The van der Waals surface area contributed by atoms with E-state index in [0.29, 0.717) is 24.6 Å². The number of amides is 1. The molecule has 0 aliphatic carbocycles. The lowest BCUT2D eigenvalue weighted by Crippen LogP contribution is -2.31. The number of imidazole rings is 1. The van der Waals surface area contributed by atoms with Crippen molar-refractivity contribution in [3.05, 3.63) is 83.0 Å². The molecule has 1 N–H and O–H groups in total. The summed E-state index contributed by atoms with van der Waals surface area (Å²) in [5, 5.41) is 3.01. The number of sulfonamides is 1. The third-order valence-corrected chi connectivity index (χ3v) is 8.17. The Balaban J connectivity index is 1.79. The molecule has 2 aromatic heterocycles. The monoisotopic (exact) mass is 496 g/mol. The van der Waals surface area contributed by atoms with Crippen LogP contribution in [0.2, 0.25) is 5.02 Å². The summed E-state index contributed by atoms with van der Waals surface area (Å²) in [5.74, 6) is 0.0335. The number of aromatic nitrogens is 2. The van der Waals surface area contributed by atoms with Gasteiger partial charge in [-0.15, -0.1) is 0 Å². The second-order valence-electron chi connectivity index (χ2n) is 7.75. The van der Waals surface area contributed by atoms with E-state index in [2.05, 4.69) is 5.32 Å². The highest BCUT2D eigenvalue weighted by Gasteiger charge is 2.26. The number of nitrogens with one attached hydrogen (secondary N) is 1. The molecule has 9 heteroatoms. The van der Waals surface area contributed by atoms with Crippen LogP contribution in [0.25, 0.3) is 16.9 Å². The first-order chi connectivity index (χ1) is 16.3. The van der Waals surface area contributed by atoms with E-state index in [-0.39, 0.29) is 15.5 Å². The van der Waals surface area contributed by atoms with Gasteiger partial charge >= 0.3 is 0 Å². The summed E-state index contributed by atoms with van der Waals surface area (Å²) < 4.78 is 29.2. The molecule has 0 fully saturated rings. The fraction of sp³-hybridized carbons (Fsp3) is 0.200. The van der Waals surface area contributed by atoms with Gasteiger partial charge < -0.3 is 5.32 Å². The zero-order valence-corrected chi connectivity index (χ0v) is 20.7. The molecule has 0 saturated carbocycles. The predicted octanol–water partition coefficient (Wildman–Crippen LogP) is 5.25. The van der Waals surface area contributed by atoms with Crippen LogP contribution in [0.4, 0.5) is 5.82 Å². The maximum atomic E-state index is 13.3. The van der Waals surface area contributed by atoms with Crippen molar-refractivity contribution in [3.8, 4) is 11.3 Å². The molecule has 0 atom stereocenters. The van der Waals surface area contributed by atoms with Gasteiger partial charge in [-0.3, -0.25) is 9.20 Å². The number of hydrogen-bond acceptors (Lipinski definition) is 4. The van der Waals surface area contributed by atoms with Crippen LogP contribution >= 0.6 is 11.6 Å². The maximum Gasteiger partial charge on any atom is 0.256 e. The van der Waals surface area contributed by atoms with E-state index in [0.717, 1.165) is 16.8 Å². The SMILES string of the molecule is CCN(CC)S(=O)(=O)c1cc(C(=O)Nc2c(-c3ccccc3)nc3c(C)cccn23)ccc1Cl. The van der Waals surface area contributed by atoms with E-state index in [1.165, 1.54) is 22.5 Å². The summed E-state index contributed by atoms with van der Waals surface area (Å²) in [7, 11) is -3.84. The number of aryl methyl sites for hydroxylation is 1. The Kier molecular flexibility index (Phi) is 6.74. The Hall–Kier alpha value is -3.20. The number of carbonyl (C=O) groups excluding carboxylic acids is 1. The van der Waals surface area contributed by atoms with E-state index in [9.17, 15) is 13.2 Å². The van der Waals surface area contributed by atoms with Gasteiger partial charge in [0.15, 0.2) is 0 Å². The van der Waals surface area contributed by atoms with Gasteiger partial charge in [-0.1, -0.05) is 61.8 Å². The molecule has 2 heterocycles. The number of benzene rings is 2. The summed E-state index contributed by atoms with van der Waals surface area (Å²) in [5.41, 5.74) is 3.32. The van der Waals surface area contributed by atoms with Crippen molar-refractivity contribution < 1.29 is 13.2 Å². The molecule has 4 aromatic rings. The van der Waals surface area contributed by atoms with Crippen LogP contribution in [0, 0.1) is 6.92 Å². The summed E-state index contributed by atoms with van der Waals surface area (Å²) >= 11 is 6.24. The van der Waals surface area contributed by atoms with Crippen LogP contribution in [0.3, 0.4) is 0 Å². The summed E-state index contributed by atoms with van der Waals surface area (Å²) in [6.07, 6.45) is 1.83. The number of fused-ring (bicyclic) bond motifs is 1. The Morgan fingerprint density at radius 2 is 1.76 bits per heavy atom. The van der Waals surface area contributed by atoms with Crippen molar-refractivity contribution in [3.63, 3.8) is 0 Å². The van der Waals surface area contributed by atoms with E-state index in [1.54, 1.807) is 13.8 Å². The van der Waals surface area contributed by atoms with Crippen molar-refractivity contribution in [2.75, 3.05) is 18.4 Å². The molecule has 1 amide bonds. The van der Waals surface area contributed by atoms with E-state index >= 15 is 0 Å². The van der Waals surface area contributed by atoms with Crippen LogP contribution in [-0.4, -0.2) is 41.1 Å². The van der Waals surface area contributed by atoms with E-state index < -0.39 is 15.9 Å². The second kappa shape index (κ2) is 9.58. The average Bonchev–Trinajstić information content (AvgIpc) is 3.20. The molecule has 0 bridgehead atoms. The van der Waals surface area contributed by atoms with Gasteiger partial charge in [0.1, 0.15) is 22.1 Å². The van der Waals surface area contributed by atoms with Gasteiger partial charge in [0.05, 0.1) is 5.02 Å². The predicted molar refractivity (Wildman–Crippen MR) is 135 cm³/mol.